The van der Waals surface area contributed by atoms with Crippen LogP contribution in [0.15, 0.2) is 23.1 Å². The number of rotatable bonds is 8. The van der Waals surface area contributed by atoms with Gasteiger partial charge in [0.05, 0.1) is 15.6 Å². The van der Waals surface area contributed by atoms with E-state index in [2.05, 4.69) is 5.32 Å². The topological polar surface area (TPSA) is 110 Å². The number of carbonyl (C=O) groups is 2. The van der Waals surface area contributed by atoms with Gasteiger partial charge in [0.1, 0.15) is 6.04 Å². The first kappa shape index (κ1) is 18.2. The number of carbonyl (C=O) groups excluding carboxylic acids is 1. The van der Waals surface area contributed by atoms with Crippen molar-refractivity contribution in [3.63, 3.8) is 0 Å². The van der Waals surface area contributed by atoms with Crippen molar-refractivity contribution in [2.45, 2.75) is 30.7 Å². The maximum absolute atomic E-state index is 11.8. The maximum atomic E-state index is 11.8. The number of nitrogens with zero attached hydrogens (tertiary/aromatic N) is 1. The second-order valence-corrected chi connectivity index (χ2v) is 5.86. The lowest BCUT2D eigenvalue weighted by Gasteiger charge is -2.13. The van der Waals surface area contributed by atoms with Gasteiger partial charge in [-0.2, -0.15) is 0 Å². The van der Waals surface area contributed by atoms with Crippen molar-refractivity contribution in [2.24, 2.45) is 0 Å². The first-order valence-electron chi connectivity index (χ1n) is 6.44. The lowest BCUT2D eigenvalue weighted by molar-refractivity contribution is -0.387. The van der Waals surface area contributed by atoms with E-state index >= 15 is 0 Å². The molecule has 1 rings (SSSR count). The average molecular weight is 347 g/mol. The lowest BCUT2D eigenvalue weighted by atomic mass is 10.2. The molecule has 9 heteroatoms. The van der Waals surface area contributed by atoms with Gasteiger partial charge in [0.15, 0.2) is 0 Å². The summed E-state index contributed by atoms with van der Waals surface area (Å²) in [6.07, 6.45) is 0.944. The Morgan fingerprint density at radius 2 is 2.18 bits per heavy atom. The Bertz CT molecular complexity index is 582. The van der Waals surface area contributed by atoms with E-state index in [0.29, 0.717) is 17.7 Å². The predicted octanol–water partition coefficient (Wildman–Crippen LogP) is 2.71. The molecule has 0 fully saturated rings. The van der Waals surface area contributed by atoms with E-state index in [1.165, 1.54) is 18.2 Å². The van der Waals surface area contributed by atoms with E-state index in [1.807, 2.05) is 6.92 Å². The number of hydrogen-bond acceptors (Lipinski definition) is 5. The lowest BCUT2D eigenvalue weighted by Crippen LogP contribution is -2.41. The van der Waals surface area contributed by atoms with Crippen molar-refractivity contribution < 1.29 is 19.6 Å². The molecule has 0 bridgehead atoms. The largest absolute Gasteiger partial charge is 0.480 e. The summed E-state index contributed by atoms with van der Waals surface area (Å²) >= 11 is 6.66. The van der Waals surface area contributed by atoms with Gasteiger partial charge in [-0.25, -0.2) is 4.79 Å². The molecular weight excluding hydrogens is 332 g/mol. The van der Waals surface area contributed by atoms with Crippen LogP contribution in [0.25, 0.3) is 0 Å². The van der Waals surface area contributed by atoms with Crippen LogP contribution in [0.1, 0.15) is 19.8 Å². The van der Waals surface area contributed by atoms with Gasteiger partial charge in [-0.15, -0.1) is 11.8 Å². The van der Waals surface area contributed by atoms with Crippen LogP contribution in [0.3, 0.4) is 0 Å². The summed E-state index contributed by atoms with van der Waals surface area (Å²) in [4.78, 5) is 33.4. The highest BCUT2D eigenvalue weighted by Crippen LogP contribution is 2.31. The normalized spacial score (nSPS) is 11.7. The van der Waals surface area contributed by atoms with Gasteiger partial charge in [0.25, 0.3) is 5.69 Å². The predicted molar refractivity (Wildman–Crippen MR) is 83.3 cm³/mol. The number of carboxylic acid groups (broad SMARTS) is 1. The number of nitro groups is 1. The van der Waals surface area contributed by atoms with Crippen LogP contribution in [-0.2, 0) is 9.59 Å². The van der Waals surface area contributed by atoms with Crippen LogP contribution in [0.4, 0.5) is 5.69 Å². The molecule has 0 aliphatic rings. The van der Waals surface area contributed by atoms with Crippen molar-refractivity contribution in [1.29, 1.82) is 0 Å². The monoisotopic (exact) mass is 346 g/mol. The van der Waals surface area contributed by atoms with Gasteiger partial charge in [-0.05, 0) is 18.6 Å². The highest BCUT2D eigenvalue weighted by Gasteiger charge is 2.20. The number of aliphatic carboxylic acids is 1. The fourth-order valence-corrected chi connectivity index (χ4v) is 2.66. The molecule has 1 aromatic rings. The minimum Gasteiger partial charge on any atom is -0.480 e. The molecule has 1 amide bonds. The summed E-state index contributed by atoms with van der Waals surface area (Å²) in [6, 6.07) is 3.21. The van der Waals surface area contributed by atoms with Crippen molar-refractivity contribution in [1.82, 2.24) is 5.32 Å². The van der Waals surface area contributed by atoms with E-state index in [-0.39, 0.29) is 16.5 Å². The number of thioether (sulfide) groups is 1. The Balaban J connectivity index is 2.68. The third-order valence-electron chi connectivity index (χ3n) is 2.69. The molecule has 1 unspecified atom stereocenters. The molecule has 0 aliphatic carbocycles. The summed E-state index contributed by atoms with van der Waals surface area (Å²) in [5.41, 5.74) is -0.186. The summed E-state index contributed by atoms with van der Waals surface area (Å²) in [5, 5.41) is 22.5. The minimum absolute atomic E-state index is 0.115. The molecule has 0 heterocycles. The number of nitrogens with one attached hydrogen (secondary N) is 1. The van der Waals surface area contributed by atoms with E-state index in [0.717, 1.165) is 11.8 Å². The number of nitro benzene ring substituents is 1. The van der Waals surface area contributed by atoms with Crippen LogP contribution in [0.2, 0.25) is 5.02 Å². The molecular formula is C13H15ClN2O5S. The third kappa shape index (κ3) is 5.53. The van der Waals surface area contributed by atoms with Gasteiger partial charge < -0.3 is 10.4 Å². The molecule has 22 heavy (non-hydrogen) atoms. The van der Waals surface area contributed by atoms with E-state index in [4.69, 9.17) is 16.7 Å². The molecule has 0 saturated carbocycles. The number of amides is 1. The molecule has 0 radical (unpaired) electrons. The zero-order chi connectivity index (χ0) is 16.7. The van der Waals surface area contributed by atoms with E-state index < -0.39 is 22.8 Å². The van der Waals surface area contributed by atoms with Gasteiger partial charge in [0, 0.05) is 11.1 Å². The standard InChI is InChI=1S/C13H15ClN2O5S/c1-2-3-9(13(18)19)15-12(17)7-22-11-5-4-8(14)6-10(11)16(20)21/h4-6,9H,2-3,7H2,1H3,(H,15,17)(H,18,19). The van der Waals surface area contributed by atoms with Gasteiger partial charge in [-0.3, -0.25) is 14.9 Å². The second kappa shape index (κ2) is 8.60. The first-order chi connectivity index (χ1) is 10.3. The zero-order valence-corrected chi connectivity index (χ0v) is 13.3. The Hall–Kier alpha value is -1.80. The number of hydrogen-bond donors (Lipinski definition) is 2. The highest BCUT2D eigenvalue weighted by molar-refractivity contribution is 8.00. The Labute approximate surface area is 136 Å². The Morgan fingerprint density at radius 1 is 1.50 bits per heavy atom. The van der Waals surface area contributed by atoms with Gasteiger partial charge in [-0.1, -0.05) is 24.9 Å². The number of halogens is 1. The van der Waals surface area contributed by atoms with Crippen LogP contribution >= 0.6 is 23.4 Å². The Kier molecular flexibility index (Phi) is 7.13. The fraction of sp³-hybridized carbons (Fsp3) is 0.385. The number of carboxylic acids is 1. The smallest absolute Gasteiger partial charge is 0.326 e. The maximum Gasteiger partial charge on any atom is 0.326 e. The van der Waals surface area contributed by atoms with Crippen LogP contribution < -0.4 is 5.32 Å². The quantitative estimate of drug-likeness (QED) is 0.425. The fourth-order valence-electron chi connectivity index (χ4n) is 1.68. The highest BCUT2D eigenvalue weighted by atomic mass is 35.5. The Morgan fingerprint density at radius 3 is 2.73 bits per heavy atom. The molecule has 1 aromatic carbocycles. The molecule has 2 N–H and O–H groups in total. The average Bonchev–Trinajstić information content (AvgIpc) is 2.45. The molecule has 1 atom stereocenters. The molecule has 7 nitrogen and oxygen atoms in total. The van der Waals surface area contributed by atoms with Crippen molar-refractivity contribution >= 4 is 40.9 Å². The molecule has 0 aliphatic heterocycles. The van der Waals surface area contributed by atoms with Gasteiger partial charge in [0.2, 0.25) is 5.91 Å². The van der Waals surface area contributed by atoms with E-state index in [9.17, 15) is 19.7 Å². The summed E-state index contributed by atoms with van der Waals surface area (Å²) < 4.78 is 0. The van der Waals surface area contributed by atoms with Gasteiger partial charge >= 0.3 is 5.97 Å². The molecule has 120 valence electrons. The van der Waals surface area contributed by atoms with Crippen LogP contribution in [-0.4, -0.2) is 33.7 Å². The van der Waals surface area contributed by atoms with Crippen LogP contribution in [0.5, 0.6) is 0 Å². The minimum atomic E-state index is -1.10. The molecule has 0 aromatic heterocycles. The molecule has 0 saturated heterocycles. The summed E-state index contributed by atoms with van der Waals surface area (Å²) in [7, 11) is 0. The summed E-state index contributed by atoms with van der Waals surface area (Å²) in [6.45, 7) is 1.81. The van der Waals surface area contributed by atoms with Crippen molar-refractivity contribution in [3.8, 4) is 0 Å². The molecule has 0 spiro atoms. The van der Waals surface area contributed by atoms with E-state index in [1.54, 1.807) is 0 Å². The summed E-state index contributed by atoms with van der Waals surface area (Å²) in [5.74, 6) is -1.71. The second-order valence-electron chi connectivity index (χ2n) is 4.40. The number of benzene rings is 1. The SMILES string of the molecule is CCCC(NC(=O)CSc1ccc(Cl)cc1[N+](=O)[O-])C(=O)O. The van der Waals surface area contributed by atoms with Crippen molar-refractivity contribution in [2.75, 3.05) is 5.75 Å². The van der Waals surface area contributed by atoms with Crippen LogP contribution in [0, 0.1) is 10.1 Å². The zero-order valence-electron chi connectivity index (χ0n) is 11.7. The van der Waals surface area contributed by atoms with Crippen molar-refractivity contribution in [3.05, 3.63) is 33.3 Å². The first-order valence-corrected chi connectivity index (χ1v) is 7.80. The third-order valence-corrected chi connectivity index (χ3v) is 3.98.